The number of hydrogen-bond acceptors (Lipinski definition) is 4. The Morgan fingerprint density at radius 2 is 2.19 bits per heavy atom. The van der Waals surface area contributed by atoms with Gasteiger partial charge in [0.2, 0.25) is 5.89 Å². The Hall–Kier alpha value is -0.900. The summed E-state index contributed by atoms with van der Waals surface area (Å²) in [5.41, 5.74) is 0. The van der Waals surface area contributed by atoms with Crippen LogP contribution in [0.25, 0.3) is 0 Å². The molecule has 1 aliphatic rings. The second-order valence-electron chi connectivity index (χ2n) is 4.79. The first-order valence-corrected chi connectivity index (χ1v) is 6.32. The van der Waals surface area contributed by atoms with Gasteiger partial charge in [0.25, 0.3) is 0 Å². The smallest absolute Gasteiger partial charge is 0.226 e. The summed E-state index contributed by atoms with van der Waals surface area (Å²) in [5.74, 6) is 2.85. The van der Waals surface area contributed by atoms with Crippen LogP contribution >= 0.6 is 0 Å². The van der Waals surface area contributed by atoms with Crippen LogP contribution in [0.1, 0.15) is 50.7 Å². The molecule has 16 heavy (non-hydrogen) atoms. The molecule has 2 rings (SSSR count). The van der Waals surface area contributed by atoms with Gasteiger partial charge in [-0.15, -0.1) is 0 Å². The van der Waals surface area contributed by atoms with Gasteiger partial charge in [-0.05, 0) is 31.8 Å². The van der Waals surface area contributed by atoms with E-state index in [1.54, 1.807) is 0 Å². The summed E-state index contributed by atoms with van der Waals surface area (Å²) in [4.78, 5) is 4.52. The molecule has 1 unspecified atom stereocenters. The minimum absolute atomic E-state index is 0.496. The van der Waals surface area contributed by atoms with Gasteiger partial charge in [-0.2, -0.15) is 4.98 Å². The molecule has 0 saturated carbocycles. The van der Waals surface area contributed by atoms with Crippen LogP contribution in [0.4, 0.5) is 0 Å². The van der Waals surface area contributed by atoms with Gasteiger partial charge in [0.15, 0.2) is 5.82 Å². The van der Waals surface area contributed by atoms with Crippen molar-refractivity contribution in [2.24, 2.45) is 5.92 Å². The van der Waals surface area contributed by atoms with E-state index in [-0.39, 0.29) is 0 Å². The monoisotopic (exact) mass is 223 g/mol. The van der Waals surface area contributed by atoms with E-state index >= 15 is 0 Å². The maximum absolute atomic E-state index is 5.31. The maximum atomic E-state index is 5.31. The van der Waals surface area contributed by atoms with Crippen LogP contribution in [0.3, 0.4) is 0 Å². The number of rotatable bonds is 4. The molecule has 0 bridgehead atoms. The lowest BCUT2D eigenvalue weighted by atomic mass is 9.97. The van der Waals surface area contributed by atoms with E-state index in [1.165, 1.54) is 0 Å². The van der Waals surface area contributed by atoms with Crippen molar-refractivity contribution < 1.29 is 4.52 Å². The fourth-order valence-electron chi connectivity index (χ4n) is 2.04. The summed E-state index contributed by atoms with van der Waals surface area (Å²) in [6.45, 7) is 6.54. The summed E-state index contributed by atoms with van der Waals surface area (Å²) < 4.78 is 5.31. The molecule has 0 radical (unpaired) electrons. The van der Waals surface area contributed by atoms with Crippen LogP contribution in [-0.4, -0.2) is 23.2 Å². The van der Waals surface area contributed by atoms with Crippen LogP contribution in [0.5, 0.6) is 0 Å². The molecule has 4 nitrogen and oxygen atoms in total. The van der Waals surface area contributed by atoms with Crippen LogP contribution in [0, 0.1) is 5.92 Å². The SMILES string of the molecule is CCC(C)Cc1nc(C2CCNCC2)no1. The second-order valence-corrected chi connectivity index (χ2v) is 4.79. The van der Waals surface area contributed by atoms with Crippen molar-refractivity contribution >= 4 is 0 Å². The normalized spacial score (nSPS) is 19.9. The minimum Gasteiger partial charge on any atom is -0.339 e. The van der Waals surface area contributed by atoms with Crippen molar-refractivity contribution in [2.75, 3.05) is 13.1 Å². The van der Waals surface area contributed by atoms with Crippen molar-refractivity contribution in [1.29, 1.82) is 0 Å². The number of piperidine rings is 1. The van der Waals surface area contributed by atoms with E-state index in [4.69, 9.17) is 4.52 Å². The van der Waals surface area contributed by atoms with Gasteiger partial charge in [0, 0.05) is 12.3 Å². The van der Waals surface area contributed by atoms with E-state index in [9.17, 15) is 0 Å². The van der Waals surface area contributed by atoms with Gasteiger partial charge in [0.1, 0.15) is 0 Å². The molecule has 90 valence electrons. The number of hydrogen-bond donors (Lipinski definition) is 1. The average molecular weight is 223 g/mol. The molecular weight excluding hydrogens is 202 g/mol. The van der Waals surface area contributed by atoms with Crippen LogP contribution < -0.4 is 5.32 Å². The largest absolute Gasteiger partial charge is 0.339 e. The highest BCUT2D eigenvalue weighted by Crippen LogP contribution is 2.23. The van der Waals surface area contributed by atoms with E-state index in [0.717, 1.165) is 50.5 Å². The van der Waals surface area contributed by atoms with Gasteiger partial charge >= 0.3 is 0 Å². The molecule has 4 heteroatoms. The molecule has 1 aromatic heterocycles. The van der Waals surface area contributed by atoms with Gasteiger partial charge in [-0.25, -0.2) is 0 Å². The molecule has 1 aliphatic heterocycles. The fraction of sp³-hybridized carbons (Fsp3) is 0.833. The Morgan fingerprint density at radius 3 is 2.88 bits per heavy atom. The molecule has 1 aromatic rings. The summed E-state index contributed by atoms with van der Waals surface area (Å²) in [6.07, 6.45) is 4.32. The van der Waals surface area contributed by atoms with Crippen LogP contribution in [-0.2, 0) is 6.42 Å². The zero-order chi connectivity index (χ0) is 11.4. The topological polar surface area (TPSA) is 51.0 Å². The van der Waals surface area contributed by atoms with E-state index in [0.29, 0.717) is 11.8 Å². The zero-order valence-corrected chi connectivity index (χ0v) is 10.2. The maximum Gasteiger partial charge on any atom is 0.226 e. The predicted molar refractivity (Wildman–Crippen MR) is 62.3 cm³/mol. The van der Waals surface area contributed by atoms with Crippen LogP contribution in [0.2, 0.25) is 0 Å². The fourth-order valence-corrected chi connectivity index (χ4v) is 2.04. The summed E-state index contributed by atoms with van der Waals surface area (Å²) in [5, 5.41) is 7.46. The zero-order valence-electron chi connectivity index (χ0n) is 10.2. The Bertz CT molecular complexity index is 318. The van der Waals surface area contributed by atoms with E-state index in [1.807, 2.05) is 0 Å². The van der Waals surface area contributed by atoms with E-state index < -0.39 is 0 Å². The molecule has 1 fully saturated rings. The first-order valence-electron chi connectivity index (χ1n) is 6.32. The molecule has 2 heterocycles. The molecule has 0 spiro atoms. The first-order chi connectivity index (χ1) is 7.79. The summed E-state index contributed by atoms with van der Waals surface area (Å²) >= 11 is 0. The quantitative estimate of drug-likeness (QED) is 0.849. The van der Waals surface area contributed by atoms with Gasteiger partial charge in [-0.3, -0.25) is 0 Å². The number of aromatic nitrogens is 2. The standard InChI is InChI=1S/C12H21N3O/c1-3-9(2)8-11-14-12(15-16-11)10-4-6-13-7-5-10/h9-10,13H,3-8H2,1-2H3. The van der Waals surface area contributed by atoms with Gasteiger partial charge in [-0.1, -0.05) is 25.4 Å². The number of nitrogens with zero attached hydrogens (tertiary/aromatic N) is 2. The molecular formula is C12H21N3O. The molecule has 0 amide bonds. The third kappa shape index (κ3) is 2.82. The lowest BCUT2D eigenvalue weighted by Crippen LogP contribution is -2.27. The summed E-state index contributed by atoms with van der Waals surface area (Å²) in [7, 11) is 0. The average Bonchev–Trinajstić information content (AvgIpc) is 2.78. The Labute approximate surface area is 96.8 Å². The molecule has 0 aromatic carbocycles. The lowest BCUT2D eigenvalue weighted by Gasteiger charge is -2.18. The molecule has 1 N–H and O–H groups in total. The van der Waals surface area contributed by atoms with E-state index in [2.05, 4.69) is 29.3 Å². The highest BCUT2D eigenvalue weighted by molar-refractivity contribution is 4.97. The molecule has 1 atom stereocenters. The van der Waals surface area contributed by atoms with Crippen molar-refractivity contribution in [3.05, 3.63) is 11.7 Å². The van der Waals surface area contributed by atoms with Crippen molar-refractivity contribution in [3.8, 4) is 0 Å². The van der Waals surface area contributed by atoms with Gasteiger partial charge < -0.3 is 9.84 Å². The Balaban J connectivity index is 1.95. The summed E-state index contributed by atoms with van der Waals surface area (Å²) in [6, 6.07) is 0. The molecule has 0 aliphatic carbocycles. The highest BCUT2D eigenvalue weighted by Gasteiger charge is 2.20. The highest BCUT2D eigenvalue weighted by atomic mass is 16.5. The predicted octanol–water partition coefficient (Wildman–Crippen LogP) is 2.13. The first kappa shape index (κ1) is 11.6. The van der Waals surface area contributed by atoms with Crippen molar-refractivity contribution in [1.82, 2.24) is 15.5 Å². The third-order valence-electron chi connectivity index (χ3n) is 3.41. The number of nitrogens with one attached hydrogen (secondary N) is 1. The third-order valence-corrected chi connectivity index (χ3v) is 3.41. The minimum atomic E-state index is 0.496. The van der Waals surface area contributed by atoms with Crippen molar-refractivity contribution in [3.63, 3.8) is 0 Å². The van der Waals surface area contributed by atoms with Crippen molar-refractivity contribution in [2.45, 2.75) is 45.4 Å². The van der Waals surface area contributed by atoms with Crippen LogP contribution in [0.15, 0.2) is 4.52 Å². The van der Waals surface area contributed by atoms with Gasteiger partial charge in [0.05, 0.1) is 0 Å². The molecule has 1 saturated heterocycles. The Kier molecular flexibility index (Phi) is 3.93. The second kappa shape index (κ2) is 5.43. The lowest BCUT2D eigenvalue weighted by molar-refractivity contribution is 0.344. The Morgan fingerprint density at radius 1 is 1.44 bits per heavy atom.